The first-order chi connectivity index (χ1) is 9.13. The minimum Gasteiger partial charge on any atom is -0.313 e. The summed E-state index contributed by atoms with van der Waals surface area (Å²) in [5.74, 6) is 0.889. The van der Waals surface area contributed by atoms with E-state index < -0.39 is 0 Å². The number of hydrogen-bond donors (Lipinski definition) is 1. The predicted molar refractivity (Wildman–Crippen MR) is 83.5 cm³/mol. The lowest BCUT2D eigenvalue weighted by molar-refractivity contribution is 0.243. The summed E-state index contributed by atoms with van der Waals surface area (Å²) in [4.78, 5) is 0. The molecule has 1 aromatic rings. The van der Waals surface area contributed by atoms with E-state index in [1.807, 2.05) is 0 Å². The van der Waals surface area contributed by atoms with Crippen LogP contribution in [0.15, 0.2) is 30.3 Å². The van der Waals surface area contributed by atoms with Crippen molar-refractivity contribution in [1.82, 2.24) is 5.32 Å². The molecule has 2 rings (SSSR count). The molecule has 19 heavy (non-hydrogen) atoms. The van der Waals surface area contributed by atoms with Crippen molar-refractivity contribution >= 4 is 0 Å². The molecule has 0 heterocycles. The van der Waals surface area contributed by atoms with E-state index in [0.29, 0.717) is 0 Å². The van der Waals surface area contributed by atoms with Crippen LogP contribution in [-0.4, -0.2) is 12.6 Å². The van der Waals surface area contributed by atoms with Crippen LogP contribution < -0.4 is 5.32 Å². The first-order valence-corrected chi connectivity index (χ1v) is 7.92. The number of hydrogen-bond acceptors (Lipinski definition) is 1. The third kappa shape index (κ3) is 3.82. The fourth-order valence-corrected chi connectivity index (χ4v) is 3.34. The van der Waals surface area contributed by atoms with E-state index in [2.05, 4.69) is 56.4 Å². The molecular weight excluding hydrogens is 230 g/mol. The zero-order valence-corrected chi connectivity index (χ0v) is 12.8. The number of benzene rings is 1. The van der Waals surface area contributed by atoms with Crippen LogP contribution in [0.3, 0.4) is 0 Å². The van der Waals surface area contributed by atoms with E-state index in [1.54, 1.807) is 0 Å². The fraction of sp³-hybridized carbons (Fsp3) is 0.667. The number of nitrogens with one attached hydrogen (secondary N) is 1. The Morgan fingerprint density at radius 2 is 1.79 bits per heavy atom. The van der Waals surface area contributed by atoms with Crippen molar-refractivity contribution in [3.63, 3.8) is 0 Å². The van der Waals surface area contributed by atoms with Crippen LogP contribution in [-0.2, 0) is 5.41 Å². The van der Waals surface area contributed by atoms with Gasteiger partial charge >= 0.3 is 0 Å². The average molecular weight is 259 g/mol. The second-order valence-corrected chi connectivity index (χ2v) is 6.69. The Kier molecular flexibility index (Phi) is 5.04. The third-order valence-corrected chi connectivity index (χ3v) is 4.79. The Hall–Kier alpha value is -0.820. The van der Waals surface area contributed by atoms with Gasteiger partial charge in [-0.05, 0) is 24.3 Å². The summed E-state index contributed by atoms with van der Waals surface area (Å²) in [6, 6.07) is 11.6. The van der Waals surface area contributed by atoms with E-state index in [0.717, 1.165) is 18.5 Å². The molecule has 2 atom stereocenters. The Morgan fingerprint density at radius 1 is 1.11 bits per heavy atom. The summed E-state index contributed by atoms with van der Waals surface area (Å²) in [5, 5.41) is 3.86. The molecule has 0 bridgehead atoms. The van der Waals surface area contributed by atoms with Gasteiger partial charge < -0.3 is 5.32 Å². The van der Waals surface area contributed by atoms with Crippen molar-refractivity contribution < 1.29 is 0 Å². The van der Waals surface area contributed by atoms with Gasteiger partial charge in [0.15, 0.2) is 0 Å². The molecule has 1 saturated carbocycles. The van der Waals surface area contributed by atoms with Crippen LogP contribution >= 0.6 is 0 Å². The van der Waals surface area contributed by atoms with Gasteiger partial charge in [0.1, 0.15) is 0 Å². The summed E-state index contributed by atoms with van der Waals surface area (Å²) in [5.41, 5.74) is 1.66. The molecule has 1 fully saturated rings. The summed E-state index contributed by atoms with van der Waals surface area (Å²) >= 11 is 0. The van der Waals surface area contributed by atoms with Crippen LogP contribution in [0.1, 0.15) is 58.4 Å². The lowest BCUT2D eigenvalue weighted by Gasteiger charge is -2.35. The van der Waals surface area contributed by atoms with Gasteiger partial charge in [-0.3, -0.25) is 0 Å². The van der Waals surface area contributed by atoms with Gasteiger partial charge in [0.25, 0.3) is 0 Å². The Balaban J connectivity index is 1.93. The standard InChI is InChI=1S/C18H29N/c1-4-15-10-8-9-13-17(15)19-14-18(2,3)16-11-6-5-7-12-16/h5-7,11-12,15,17,19H,4,8-10,13-14H2,1-3H3. The second-order valence-electron chi connectivity index (χ2n) is 6.69. The van der Waals surface area contributed by atoms with Crippen LogP contribution in [0, 0.1) is 5.92 Å². The summed E-state index contributed by atoms with van der Waals surface area (Å²) in [6.07, 6.45) is 6.94. The maximum atomic E-state index is 3.86. The van der Waals surface area contributed by atoms with Crippen LogP contribution in [0.2, 0.25) is 0 Å². The lowest BCUT2D eigenvalue weighted by Crippen LogP contribution is -2.44. The molecule has 1 nitrogen and oxygen atoms in total. The zero-order valence-electron chi connectivity index (χ0n) is 12.8. The molecule has 0 spiro atoms. The maximum absolute atomic E-state index is 3.86. The highest BCUT2D eigenvalue weighted by Gasteiger charge is 2.26. The molecule has 1 aliphatic rings. The first kappa shape index (κ1) is 14.6. The Labute approximate surface area is 118 Å². The highest BCUT2D eigenvalue weighted by molar-refractivity contribution is 5.23. The molecule has 0 aromatic heterocycles. The molecule has 1 N–H and O–H groups in total. The Bertz CT molecular complexity index is 369. The van der Waals surface area contributed by atoms with Gasteiger partial charge in [0, 0.05) is 18.0 Å². The molecular formula is C18H29N. The van der Waals surface area contributed by atoms with E-state index in [-0.39, 0.29) is 5.41 Å². The van der Waals surface area contributed by atoms with Crippen LogP contribution in [0.25, 0.3) is 0 Å². The first-order valence-electron chi connectivity index (χ1n) is 7.92. The van der Waals surface area contributed by atoms with Crippen molar-refractivity contribution in [1.29, 1.82) is 0 Å². The minimum atomic E-state index is 0.219. The molecule has 1 aliphatic carbocycles. The topological polar surface area (TPSA) is 12.0 Å². The molecule has 0 aliphatic heterocycles. The number of rotatable bonds is 5. The van der Waals surface area contributed by atoms with E-state index >= 15 is 0 Å². The van der Waals surface area contributed by atoms with Gasteiger partial charge in [-0.25, -0.2) is 0 Å². The van der Waals surface area contributed by atoms with E-state index in [4.69, 9.17) is 0 Å². The normalized spacial score (nSPS) is 24.4. The predicted octanol–water partition coefficient (Wildman–Crippen LogP) is 4.52. The maximum Gasteiger partial charge on any atom is 0.00955 e. The monoisotopic (exact) mass is 259 g/mol. The fourth-order valence-electron chi connectivity index (χ4n) is 3.34. The highest BCUT2D eigenvalue weighted by atomic mass is 14.9. The van der Waals surface area contributed by atoms with E-state index in [9.17, 15) is 0 Å². The molecule has 0 saturated heterocycles. The molecule has 1 heteroatoms. The van der Waals surface area contributed by atoms with Crippen molar-refractivity contribution in [2.24, 2.45) is 5.92 Å². The highest BCUT2D eigenvalue weighted by Crippen LogP contribution is 2.28. The summed E-state index contributed by atoms with van der Waals surface area (Å²) in [7, 11) is 0. The van der Waals surface area contributed by atoms with Gasteiger partial charge in [0.05, 0.1) is 0 Å². The summed E-state index contributed by atoms with van der Waals surface area (Å²) in [6.45, 7) is 8.11. The third-order valence-electron chi connectivity index (χ3n) is 4.79. The molecule has 1 aromatic carbocycles. The smallest absolute Gasteiger partial charge is 0.00955 e. The largest absolute Gasteiger partial charge is 0.313 e. The summed E-state index contributed by atoms with van der Waals surface area (Å²) < 4.78 is 0. The van der Waals surface area contributed by atoms with Crippen LogP contribution in [0.5, 0.6) is 0 Å². The molecule has 0 amide bonds. The SMILES string of the molecule is CCC1CCCCC1NCC(C)(C)c1ccccc1. The van der Waals surface area contributed by atoms with Crippen molar-refractivity contribution in [3.8, 4) is 0 Å². The lowest BCUT2D eigenvalue weighted by atomic mass is 9.80. The van der Waals surface area contributed by atoms with Gasteiger partial charge in [-0.2, -0.15) is 0 Å². The van der Waals surface area contributed by atoms with Gasteiger partial charge in [-0.1, -0.05) is 70.4 Å². The van der Waals surface area contributed by atoms with Crippen molar-refractivity contribution in [2.45, 2.75) is 64.3 Å². The minimum absolute atomic E-state index is 0.219. The molecule has 106 valence electrons. The van der Waals surface area contributed by atoms with Crippen molar-refractivity contribution in [2.75, 3.05) is 6.54 Å². The van der Waals surface area contributed by atoms with Crippen LogP contribution in [0.4, 0.5) is 0 Å². The Morgan fingerprint density at radius 3 is 2.47 bits per heavy atom. The van der Waals surface area contributed by atoms with Gasteiger partial charge in [0.2, 0.25) is 0 Å². The second kappa shape index (κ2) is 6.56. The van der Waals surface area contributed by atoms with E-state index in [1.165, 1.54) is 37.7 Å². The molecule has 2 unspecified atom stereocenters. The van der Waals surface area contributed by atoms with Crippen molar-refractivity contribution in [3.05, 3.63) is 35.9 Å². The van der Waals surface area contributed by atoms with Gasteiger partial charge in [-0.15, -0.1) is 0 Å². The quantitative estimate of drug-likeness (QED) is 0.819. The molecule has 0 radical (unpaired) electrons. The average Bonchev–Trinajstić information content (AvgIpc) is 2.46. The zero-order chi connectivity index (χ0) is 13.7.